The summed E-state index contributed by atoms with van der Waals surface area (Å²) in [6.45, 7) is 2.69. The number of methoxy groups -OCH3 is 1. The van der Waals surface area contributed by atoms with Crippen LogP contribution in [0, 0.1) is 0 Å². The SMILES string of the molecule is COc1ccc([C@H](CNC(=O)c2cc(Cl)c3c(c2)OCO3)N2CCCC2)cc1. The normalized spacial score (nSPS) is 16.8. The minimum atomic E-state index is -0.182. The highest BCUT2D eigenvalue weighted by atomic mass is 35.5. The Bertz CT molecular complexity index is 850. The van der Waals surface area contributed by atoms with Gasteiger partial charge in [-0.25, -0.2) is 0 Å². The van der Waals surface area contributed by atoms with Gasteiger partial charge >= 0.3 is 0 Å². The highest BCUT2D eigenvalue weighted by molar-refractivity contribution is 6.32. The number of halogens is 1. The van der Waals surface area contributed by atoms with Crippen LogP contribution in [-0.4, -0.2) is 44.3 Å². The lowest BCUT2D eigenvalue weighted by Gasteiger charge is -2.28. The number of ether oxygens (including phenoxy) is 3. The average molecular weight is 403 g/mol. The molecule has 2 heterocycles. The van der Waals surface area contributed by atoms with Crippen molar-refractivity contribution in [2.45, 2.75) is 18.9 Å². The molecule has 1 saturated heterocycles. The summed E-state index contributed by atoms with van der Waals surface area (Å²) in [6.07, 6.45) is 2.36. The third-order valence-corrected chi connectivity index (χ3v) is 5.51. The zero-order valence-electron chi connectivity index (χ0n) is 15.7. The van der Waals surface area contributed by atoms with Crippen LogP contribution >= 0.6 is 11.6 Å². The fourth-order valence-electron chi connectivity index (χ4n) is 3.73. The molecule has 1 N–H and O–H groups in total. The van der Waals surface area contributed by atoms with Crippen molar-refractivity contribution in [3.63, 3.8) is 0 Å². The van der Waals surface area contributed by atoms with E-state index in [1.807, 2.05) is 12.1 Å². The third kappa shape index (κ3) is 3.88. The molecule has 0 aliphatic carbocycles. The fourth-order valence-corrected chi connectivity index (χ4v) is 3.99. The molecule has 1 atom stereocenters. The van der Waals surface area contributed by atoms with E-state index in [9.17, 15) is 4.79 Å². The first kappa shape index (κ1) is 18.9. The highest BCUT2D eigenvalue weighted by Gasteiger charge is 2.25. The number of nitrogens with one attached hydrogen (secondary N) is 1. The zero-order valence-corrected chi connectivity index (χ0v) is 16.5. The molecule has 0 aromatic heterocycles. The molecule has 2 aromatic rings. The minimum Gasteiger partial charge on any atom is -0.497 e. The van der Waals surface area contributed by atoms with Gasteiger partial charge in [0.1, 0.15) is 5.75 Å². The molecule has 6 nitrogen and oxygen atoms in total. The number of amides is 1. The van der Waals surface area contributed by atoms with Crippen LogP contribution in [0.15, 0.2) is 36.4 Å². The van der Waals surface area contributed by atoms with E-state index in [0.29, 0.717) is 28.6 Å². The number of carbonyl (C=O) groups is 1. The largest absolute Gasteiger partial charge is 0.497 e. The van der Waals surface area contributed by atoms with Crippen LogP contribution in [0.4, 0.5) is 0 Å². The molecule has 0 radical (unpaired) electrons. The van der Waals surface area contributed by atoms with Crippen LogP contribution in [0.3, 0.4) is 0 Å². The smallest absolute Gasteiger partial charge is 0.251 e. The van der Waals surface area contributed by atoms with Crippen molar-refractivity contribution in [2.75, 3.05) is 33.5 Å². The van der Waals surface area contributed by atoms with Gasteiger partial charge < -0.3 is 19.5 Å². The standard InChI is InChI=1S/C21H23ClN2O4/c1-26-16-6-4-14(5-7-16)18(24-8-2-3-9-24)12-23-21(25)15-10-17(22)20-19(11-15)27-13-28-20/h4-7,10-11,18H,2-3,8-9,12-13H2,1H3,(H,23,25)/t18-/m0/s1. The summed E-state index contributed by atoms with van der Waals surface area (Å²) in [5, 5.41) is 3.44. The maximum absolute atomic E-state index is 12.7. The number of carbonyl (C=O) groups excluding carboxylic acids is 1. The Labute approximate surface area is 169 Å². The maximum Gasteiger partial charge on any atom is 0.251 e. The van der Waals surface area contributed by atoms with Gasteiger partial charge in [-0.3, -0.25) is 9.69 Å². The van der Waals surface area contributed by atoms with E-state index in [-0.39, 0.29) is 18.7 Å². The van der Waals surface area contributed by atoms with Crippen molar-refractivity contribution in [2.24, 2.45) is 0 Å². The Hall–Kier alpha value is -2.44. The predicted molar refractivity (Wildman–Crippen MR) is 106 cm³/mol. The Morgan fingerprint density at radius 1 is 1.21 bits per heavy atom. The van der Waals surface area contributed by atoms with Crippen molar-refractivity contribution in [3.8, 4) is 17.2 Å². The zero-order chi connectivity index (χ0) is 19.5. The molecule has 7 heteroatoms. The molecule has 2 aromatic carbocycles. The molecule has 0 spiro atoms. The third-order valence-electron chi connectivity index (χ3n) is 5.23. The van der Waals surface area contributed by atoms with E-state index in [2.05, 4.69) is 22.3 Å². The van der Waals surface area contributed by atoms with Gasteiger partial charge in [-0.05, 0) is 55.8 Å². The molecular weight excluding hydrogens is 380 g/mol. The Morgan fingerprint density at radius 3 is 2.68 bits per heavy atom. The summed E-state index contributed by atoms with van der Waals surface area (Å²) in [5.41, 5.74) is 1.62. The number of hydrogen-bond donors (Lipinski definition) is 1. The van der Waals surface area contributed by atoms with Crippen LogP contribution in [-0.2, 0) is 0 Å². The van der Waals surface area contributed by atoms with E-state index in [1.54, 1.807) is 19.2 Å². The van der Waals surface area contributed by atoms with Gasteiger partial charge in [0.25, 0.3) is 5.91 Å². The molecule has 2 aliphatic rings. The van der Waals surface area contributed by atoms with Gasteiger partial charge in [-0.2, -0.15) is 0 Å². The van der Waals surface area contributed by atoms with Gasteiger partial charge in [0.2, 0.25) is 6.79 Å². The molecule has 2 aliphatic heterocycles. The fraction of sp³-hybridized carbons (Fsp3) is 0.381. The van der Waals surface area contributed by atoms with Crippen LogP contribution in [0.25, 0.3) is 0 Å². The summed E-state index contributed by atoms with van der Waals surface area (Å²) in [6, 6.07) is 11.4. The lowest BCUT2D eigenvalue weighted by molar-refractivity contribution is 0.0937. The molecule has 1 fully saturated rings. The second kappa shape index (κ2) is 8.29. The Balaban J connectivity index is 1.49. The van der Waals surface area contributed by atoms with Gasteiger partial charge in [0, 0.05) is 12.1 Å². The van der Waals surface area contributed by atoms with Gasteiger partial charge in [0.15, 0.2) is 11.5 Å². The Kier molecular flexibility index (Phi) is 5.59. The first-order valence-electron chi connectivity index (χ1n) is 9.41. The molecule has 1 amide bonds. The summed E-state index contributed by atoms with van der Waals surface area (Å²) in [5.74, 6) is 1.64. The lowest BCUT2D eigenvalue weighted by Crippen LogP contribution is -2.36. The minimum absolute atomic E-state index is 0.113. The summed E-state index contributed by atoms with van der Waals surface area (Å²) in [4.78, 5) is 15.2. The van der Waals surface area contributed by atoms with Crippen LogP contribution in [0.5, 0.6) is 17.2 Å². The second-order valence-electron chi connectivity index (χ2n) is 6.93. The van der Waals surface area contributed by atoms with E-state index in [1.165, 1.54) is 12.8 Å². The van der Waals surface area contributed by atoms with Crippen LogP contribution in [0.1, 0.15) is 34.8 Å². The average Bonchev–Trinajstić information content (AvgIpc) is 3.40. The molecule has 148 valence electrons. The summed E-state index contributed by atoms with van der Waals surface area (Å²) >= 11 is 6.20. The van der Waals surface area contributed by atoms with Crippen LogP contribution < -0.4 is 19.5 Å². The highest BCUT2D eigenvalue weighted by Crippen LogP contribution is 2.39. The van der Waals surface area contributed by atoms with Gasteiger partial charge in [-0.1, -0.05) is 23.7 Å². The summed E-state index contributed by atoms with van der Waals surface area (Å²) < 4.78 is 15.9. The van der Waals surface area contributed by atoms with Crippen molar-refractivity contribution in [3.05, 3.63) is 52.5 Å². The topological polar surface area (TPSA) is 60.0 Å². The monoisotopic (exact) mass is 402 g/mol. The molecule has 0 saturated carbocycles. The van der Waals surface area contributed by atoms with E-state index >= 15 is 0 Å². The van der Waals surface area contributed by atoms with E-state index in [4.69, 9.17) is 25.8 Å². The van der Waals surface area contributed by atoms with Crippen molar-refractivity contribution in [1.82, 2.24) is 10.2 Å². The molecule has 0 bridgehead atoms. The summed E-state index contributed by atoms with van der Waals surface area (Å²) in [7, 11) is 1.66. The number of hydrogen-bond acceptors (Lipinski definition) is 5. The second-order valence-corrected chi connectivity index (χ2v) is 7.34. The first-order valence-corrected chi connectivity index (χ1v) is 9.79. The number of likely N-dealkylation sites (tertiary alicyclic amines) is 1. The van der Waals surface area contributed by atoms with E-state index < -0.39 is 0 Å². The van der Waals surface area contributed by atoms with Crippen molar-refractivity contribution < 1.29 is 19.0 Å². The van der Waals surface area contributed by atoms with Crippen molar-refractivity contribution in [1.29, 1.82) is 0 Å². The molecule has 4 rings (SSSR count). The van der Waals surface area contributed by atoms with Crippen LogP contribution in [0.2, 0.25) is 5.02 Å². The van der Waals surface area contributed by atoms with Gasteiger partial charge in [0.05, 0.1) is 18.2 Å². The number of rotatable bonds is 6. The lowest BCUT2D eigenvalue weighted by atomic mass is 10.0. The number of nitrogens with zero attached hydrogens (tertiary/aromatic N) is 1. The quantitative estimate of drug-likeness (QED) is 0.799. The van der Waals surface area contributed by atoms with Crippen molar-refractivity contribution >= 4 is 17.5 Å². The molecule has 0 unspecified atom stereocenters. The number of benzene rings is 2. The maximum atomic E-state index is 12.7. The molecule has 28 heavy (non-hydrogen) atoms. The predicted octanol–water partition coefficient (Wildman–Crippen LogP) is 3.64. The Morgan fingerprint density at radius 2 is 1.96 bits per heavy atom. The number of fused-ring (bicyclic) bond motifs is 1. The first-order chi connectivity index (χ1) is 13.7. The van der Waals surface area contributed by atoms with Gasteiger partial charge in [-0.15, -0.1) is 0 Å². The molecular formula is C21H23ClN2O4. The van der Waals surface area contributed by atoms with E-state index in [0.717, 1.165) is 24.4 Å².